The van der Waals surface area contributed by atoms with Gasteiger partial charge in [-0.3, -0.25) is 9.78 Å². The number of hydrogen-bond acceptors (Lipinski definition) is 3. The van der Waals surface area contributed by atoms with Crippen LogP contribution in [0.1, 0.15) is 22.3 Å². The van der Waals surface area contributed by atoms with Crippen LogP contribution < -0.4 is 4.74 Å². The molecule has 0 N–H and O–H groups in total. The molecule has 2 aromatic rings. The van der Waals surface area contributed by atoms with Crippen LogP contribution in [-0.2, 0) is 6.42 Å². The lowest BCUT2D eigenvalue weighted by Crippen LogP contribution is -2.01. The number of carbonyl (C=O) groups is 1. The van der Waals surface area contributed by atoms with E-state index in [9.17, 15) is 4.79 Å². The number of nitrogens with zero attached hydrogens (tertiary/aromatic N) is 1. The molecule has 0 radical (unpaired) electrons. The highest BCUT2D eigenvalue weighted by atomic mass is 16.5. The zero-order valence-electron chi connectivity index (χ0n) is 10.3. The highest BCUT2D eigenvalue weighted by Gasteiger charge is 2.07. The van der Waals surface area contributed by atoms with E-state index in [1.807, 2.05) is 30.3 Å². The smallest absolute Gasteiger partial charge is 0.163 e. The number of ketones is 1. The molecule has 1 heterocycles. The zero-order chi connectivity index (χ0) is 12.8. The third-order valence-corrected chi connectivity index (χ3v) is 2.78. The van der Waals surface area contributed by atoms with Crippen molar-refractivity contribution < 1.29 is 9.53 Å². The molecule has 0 atom stereocenters. The molecule has 92 valence electrons. The van der Waals surface area contributed by atoms with Gasteiger partial charge in [0.05, 0.1) is 7.11 Å². The number of carbonyl (C=O) groups excluding carboxylic acids is 1. The maximum Gasteiger partial charge on any atom is 0.163 e. The third kappa shape index (κ3) is 3.17. The number of Topliss-reactive ketones (excluding diaryl/α,β-unsaturated/α-hetero) is 1. The summed E-state index contributed by atoms with van der Waals surface area (Å²) in [6.07, 6.45) is 4.71. The monoisotopic (exact) mass is 241 g/mol. The molecule has 1 aromatic heterocycles. The second kappa shape index (κ2) is 5.96. The molecule has 0 aliphatic heterocycles. The predicted octanol–water partition coefficient (Wildman–Crippen LogP) is 2.91. The molecular weight excluding hydrogens is 226 g/mol. The summed E-state index contributed by atoms with van der Waals surface area (Å²) in [5.41, 5.74) is 1.82. The Labute approximate surface area is 106 Å². The minimum Gasteiger partial charge on any atom is -0.497 e. The van der Waals surface area contributed by atoms with Gasteiger partial charge in [-0.15, -0.1) is 0 Å². The van der Waals surface area contributed by atoms with Gasteiger partial charge in [-0.25, -0.2) is 0 Å². The Bertz CT molecular complexity index is 523. The summed E-state index contributed by atoms with van der Waals surface area (Å²) in [7, 11) is 1.60. The van der Waals surface area contributed by atoms with E-state index in [1.165, 1.54) is 0 Å². The summed E-state index contributed by atoms with van der Waals surface area (Å²) in [4.78, 5) is 16.0. The topological polar surface area (TPSA) is 39.2 Å². The van der Waals surface area contributed by atoms with Crippen molar-refractivity contribution in [1.82, 2.24) is 4.98 Å². The SMILES string of the molecule is COc1cccc(C(=O)CCc2ccncc2)c1. The van der Waals surface area contributed by atoms with Crippen LogP contribution in [0.3, 0.4) is 0 Å². The zero-order valence-corrected chi connectivity index (χ0v) is 10.3. The Morgan fingerprint density at radius 3 is 2.72 bits per heavy atom. The van der Waals surface area contributed by atoms with Crippen LogP contribution in [-0.4, -0.2) is 17.9 Å². The Morgan fingerprint density at radius 1 is 1.22 bits per heavy atom. The van der Waals surface area contributed by atoms with Crippen LogP contribution in [0.25, 0.3) is 0 Å². The van der Waals surface area contributed by atoms with Gasteiger partial charge in [-0.1, -0.05) is 12.1 Å². The van der Waals surface area contributed by atoms with E-state index in [2.05, 4.69) is 4.98 Å². The van der Waals surface area contributed by atoms with E-state index < -0.39 is 0 Å². The Hall–Kier alpha value is -2.16. The predicted molar refractivity (Wildman–Crippen MR) is 69.9 cm³/mol. The average molecular weight is 241 g/mol. The Kier molecular flexibility index (Phi) is 4.07. The molecule has 3 nitrogen and oxygen atoms in total. The molecule has 3 heteroatoms. The van der Waals surface area contributed by atoms with Crippen molar-refractivity contribution in [3.05, 3.63) is 59.9 Å². The van der Waals surface area contributed by atoms with E-state index in [0.717, 1.165) is 12.0 Å². The van der Waals surface area contributed by atoms with Gasteiger partial charge in [0.25, 0.3) is 0 Å². The van der Waals surface area contributed by atoms with Crippen molar-refractivity contribution in [2.75, 3.05) is 7.11 Å². The molecule has 0 saturated heterocycles. The molecule has 0 fully saturated rings. The van der Waals surface area contributed by atoms with Crippen LogP contribution in [0.5, 0.6) is 5.75 Å². The highest BCUT2D eigenvalue weighted by molar-refractivity contribution is 5.96. The molecule has 2 rings (SSSR count). The average Bonchev–Trinajstić information content (AvgIpc) is 2.46. The first-order chi connectivity index (χ1) is 8.79. The van der Waals surface area contributed by atoms with Crippen LogP contribution in [0.2, 0.25) is 0 Å². The molecule has 0 spiro atoms. The molecule has 0 amide bonds. The molecule has 18 heavy (non-hydrogen) atoms. The summed E-state index contributed by atoms with van der Waals surface area (Å²) >= 11 is 0. The quantitative estimate of drug-likeness (QED) is 0.755. The third-order valence-electron chi connectivity index (χ3n) is 2.78. The number of ether oxygens (including phenoxy) is 1. The second-order valence-electron chi connectivity index (χ2n) is 4.01. The fourth-order valence-corrected chi connectivity index (χ4v) is 1.75. The summed E-state index contributed by atoms with van der Waals surface area (Å²) in [5.74, 6) is 0.843. The molecule has 0 bridgehead atoms. The maximum atomic E-state index is 12.0. The summed E-state index contributed by atoms with van der Waals surface area (Å²) in [6, 6.07) is 11.1. The van der Waals surface area contributed by atoms with Gasteiger partial charge in [0, 0.05) is 24.4 Å². The first kappa shape index (κ1) is 12.3. The fraction of sp³-hybridized carbons (Fsp3) is 0.200. The van der Waals surface area contributed by atoms with Gasteiger partial charge in [0.2, 0.25) is 0 Å². The van der Waals surface area contributed by atoms with Crippen molar-refractivity contribution in [1.29, 1.82) is 0 Å². The standard InChI is InChI=1S/C15H15NO2/c1-18-14-4-2-3-13(11-14)15(17)6-5-12-7-9-16-10-8-12/h2-4,7-11H,5-6H2,1H3. The molecular formula is C15H15NO2. The van der Waals surface area contributed by atoms with Gasteiger partial charge < -0.3 is 4.74 Å². The molecule has 0 aliphatic rings. The molecule has 0 saturated carbocycles. The van der Waals surface area contributed by atoms with Crippen LogP contribution >= 0.6 is 0 Å². The van der Waals surface area contributed by atoms with Crippen molar-refractivity contribution in [2.45, 2.75) is 12.8 Å². The highest BCUT2D eigenvalue weighted by Crippen LogP contribution is 2.15. The first-order valence-electron chi connectivity index (χ1n) is 5.86. The lowest BCUT2D eigenvalue weighted by molar-refractivity contribution is 0.0982. The lowest BCUT2D eigenvalue weighted by atomic mass is 10.0. The Morgan fingerprint density at radius 2 is 2.00 bits per heavy atom. The molecule has 0 aliphatic carbocycles. The summed E-state index contributed by atoms with van der Waals surface area (Å²) < 4.78 is 5.11. The number of hydrogen-bond donors (Lipinski definition) is 0. The van der Waals surface area contributed by atoms with Crippen molar-refractivity contribution in [2.24, 2.45) is 0 Å². The molecule has 1 aromatic carbocycles. The first-order valence-corrected chi connectivity index (χ1v) is 5.86. The number of rotatable bonds is 5. The van der Waals surface area contributed by atoms with E-state index in [4.69, 9.17) is 4.74 Å². The summed E-state index contributed by atoms with van der Waals surface area (Å²) in [5, 5.41) is 0. The minimum absolute atomic E-state index is 0.130. The van der Waals surface area contributed by atoms with E-state index >= 15 is 0 Å². The van der Waals surface area contributed by atoms with Gasteiger partial charge in [-0.05, 0) is 36.2 Å². The van der Waals surface area contributed by atoms with Gasteiger partial charge in [0.15, 0.2) is 5.78 Å². The van der Waals surface area contributed by atoms with E-state index in [0.29, 0.717) is 17.7 Å². The lowest BCUT2D eigenvalue weighted by Gasteiger charge is -2.04. The van der Waals surface area contributed by atoms with E-state index in [1.54, 1.807) is 25.6 Å². The van der Waals surface area contributed by atoms with Gasteiger partial charge in [0.1, 0.15) is 5.75 Å². The van der Waals surface area contributed by atoms with Crippen molar-refractivity contribution >= 4 is 5.78 Å². The normalized spacial score (nSPS) is 10.1. The number of pyridine rings is 1. The minimum atomic E-state index is 0.130. The molecule has 0 unspecified atom stereocenters. The van der Waals surface area contributed by atoms with Crippen molar-refractivity contribution in [3.8, 4) is 5.75 Å². The Balaban J connectivity index is 1.99. The second-order valence-corrected chi connectivity index (χ2v) is 4.01. The van der Waals surface area contributed by atoms with Crippen LogP contribution in [0, 0.1) is 0 Å². The number of methoxy groups -OCH3 is 1. The van der Waals surface area contributed by atoms with Gasteiger partial charge >= 0.3 is 0 Å². The largest absolute Gasteiger partial charge is 0.497 e. The maximum absolute atomic E-state index is 12.0. The number of benzene rings is 1. The van der Waals surface area contributed by atoms with Crippen molar-refractivity contribution in [3.63, 3.8) is 0 Å². The number of aryl methyl sites for hydroxylation is 1. The van der Waals surface area contributed by atoms with Gasteiger partial charge in [-0.2, -0.15) is 0 Å². The summed E-state index contributed by atoms with van der Waals surface area (Å²) in [6.45, 7) is 0. The number of aromatic nitrogens is 1. The van der Waals surface area contributed by atoms with Crippen LogP contribution in [0.15, 0.2) is 48.8 Å². The van der Waals surface area contributed by atoms with Crippen LogP contribution in [0.4, 0.5) is 0 Å². The van der Waals surface area contributed by atoms with E-state index in [-0.39, 0.29) is 5.78 Å². The fourth-order valence-electron chi connectivity index (χ4n) is 1.75.